The summed E-state index contributed by atoms with van der Waals surface area (Å²) in [6, 6.07) is 21.2. The Morgan fingerprint density at radius 1 is 0.821 bits per heavy atom. The van der Waals surface area contributed by atoms with Crippen LogP contribution in [0.15, 0.2) is 60.7 Å². The average molecular weight is 553 g/mol. The smallest absolute Gasteiger partial charge is 0.308 e. The molecule has 4 fully saturated rings. The van der Waals surface area contributed by atoms with Crippen LogP contribution in [0.4, 0.5) is 0 Å². The van der Waals surface area contributed by atoms with E-state index in [1.807, 2.05) is 6.07 Å². The number of hydrogen-bond acceptors (Lipinski definition) is 4. The summed E-state index contributed by atoms with van der Waals surface area (Å²) in [6.07, 6.45) is 6.42. The van der Waals surface area contributed by atoms with Gasteiger partial charge in [-0.2, -0.15) is 0 Å². The fourth-order valence-corrected chi connectivity index (χ4v) is 5.97. The molecule has 0 aromatic heterocycles. The van der Waals surface area contributed by atoms with Gasteiger partial charge in [0, 0.05) is 17.9 Å². The first kappa shape index (κ1) is 29.8. The number of carbonyl (C=O) groups excluding carboxylic acids is 2. The Balaban J connectivity index is 0.000000154. The molecule has 4 aliphatic rings. The Labute approximate surface area is 239 Å². The summed E-state index contributed by atoms with van der Waals surface area (Å²) in [5, 5.41) is 9.07. The second-order valence-electron chi connectivity index (χ2n) is 12.9. The Morgan fingerprint density at radius 3 is 1.62 bits per heavy atom. The third-order valence-electron chi connectivity index (χ3n) is 9.41. The van der Waals surface area contributed by atoms with E-state index in [1.165, 1.54) is 24.0 Å². The van der Waals surface area contributed by atoms with Crippen LogP contribution < -0.4 is 0 Å². The van der Waals surface area contributed by atoms with Gasteiger partial charge >= 0.3 is 5.97 Å². The van der Waals surface area contributed by atoms with Crippen molar-refractivity contribution >= 4 is 22.8 Å². The molecule has 39 heavy (non-hydrogen) atoms. The molecule has 212 valence electrons. The lowest BCUT2D eigenvalue weighted by Gasteiger charge is -2.17. The van der Waals surface area contributed by atoms with Gasteiger partial charge in [-0.05, 0) is 90.3 Å². The molecule has 6 rings (SSSR count). The van der Waals surface area contributed by atoms with Crippen molar-refractivity contribution in [1.29, 1.82) is 0 Å². The van der Waals surface area contributed by atoms with E-state index in [0.717, 1.165) is 25.7 Å². The molecule has 4 nitrogen and oxygen atoms in total. The zero-order valence-electron chi connectivity index (χ0n) is 23.9. The van der Waals surface area contributed by atoms with Gasteiger partial charge in [-0.1, -0.05) is 88.4 Å². The Hall–Kier alpha value is -2.17. The van der Waals surface area contributed by atoms with Crippen molar-refractivity contribution < 1.29 is 19.4 Å². The number of hydrogen-bond donors (Lipinski definition) is 1. The SMILES string of the molecule is C[C@@H](c1ccccc1)[C@@H]1C[C@@]1(C)CO.C[C@@H](c1ccccc1)[C@@H]1C[C@@]1(C)COC(=O)C1CC1.O=C(Cl)C1CC1. The molecule has 0 aliphatic heterocycles. The predicted molar refractivity (Wildman–Crippen MR) is 156 cm³/mol. The van der Waals surface area contributed by atoms with Gasteiger partial charge in [-0.15, -0.1) is 0 Å². The van der Waals surface area contributed by atoms with Gasteiger partial charge in [0.1, 0.15) is 0 Å². The first-order valence-electron chi connectivity index (χ1n) is 14.6. The lowest BCUT2D eigenvalue weighted by Crippen LogP contribution is -2.16. The van der Waals surface area contributed by atoms with E-state index in [4.69, 9.17) is 16.3 Å². The molecule has 2 aromatic rings. The molecular formula is C34H45ClO4. The maximum atomic E-state index is 11.6. The van der Waals surface area contributed by atoms with Gasteiger partial charge in [0.05, 0.1) is 12.5 Å². The van der Waals surface area contributed by atoms with Crippen LogP contribution in [0, 0.1) is 34.5 Å². The number of carbonyl (C=O) groups is 2. The Morgan fingerprint density at radius 2 is 1.26 bits per heavy atom. The highest BCUT2D eigenvalue weighted by Crippen LogP contribution is 2.59. The van der Waals surface area contributed by atoms with E-state index in [1.54, 1.807) is 0 Å². The average Bonchev–Trinajstić information content (AvgIpc) is 3.78. The molecule has 1 N–H and O–H groups in total. The van der Waals surface area contributed by atoms with Crippen molar-refractivity contribution in [2.45, 2.75) is 78.1 Å². The quantitative estimate of drug-likeness (QED) is 0.255. The fourth-order valence-electron chi connectivity index (χ4n) is 5.76. The highest BCUT2D eigenvalue weighted by atomic mass is 35.5. The summed E-state index contributed by atoms with van der Waals surface area (Å²) >= 11 is 5.04. The number of rotatable bonds is 9. The van der Waals surface area contributed by atoms with Crippen LogP contribution in [-0.2, 0) is 14.3 Å². The van der Waals surface area contributed by atoms with E-state index in [9.17, 15) is 14.7 Å². The highest BCUT2D eigenvalue weighted by Gasteiger charge is 2.54. The van der Waals surface area contributed by atoms with Crippen LogP contribution in [0.1, 0.15) is 89.2 Å². The molecule has 0 amide bonds. The molecule has 2 aromatic carbocycles. The predicted octanol–water partition coefficient (Wildman–Crippen LogP) is 7.74. The van der Waals surface area contributed by atoms with Crippen molar-refractivity contribution in [3.8, 4) is 0 Å². The third-order valence-corrected chi connectivity index (χ3v) is 9.72. The van der Waals surface area contributed by atoms with E-state index in [2.05, 4.69) is 82.3 Å². The number of esters is 1. The van der Waals surface area contributed by atoms with Gasteiger partial charge in [0.2, 0.25) is 5.24 Å². The Bertz CT molecular complexity index is 1100. The fraction of sp³-hybridized carbons (Fsp3) is 0.588. The summed E-state index contributed by atoms with van der Waals surface area (Å²) in [6.45, 7) is 9.91. The lowest BCUT2D eigenvalue weighted by molar-refractivity contribution is -0.147. The number of aliphatic hydroxyl groups is 1. The zero-order chi connectivity index (χ0) is 28.2. The van der Waals surface area contributed by atoms with Gasteiger partial charge in [0.25, 0.3) is 0 Å². The molecule has 0 unspecified atom stereocenters. The molecule has 0 spiro atoms. The molecule has 5 heteroatoms. The van der Waals surface area contributed by atoms with Gasteiger partial charge < -0.3 is 9.84 Å². The molecule has 0 heterocycles. The Kier molecular flexibility index (Phi) is 9.60. The second-order valence-corrected chi connectivity index (χ2v) is 13.3. The normalized spacial score (nSPS) is 29.9. The van der Waals surface area contributed by atoms with Crippen LogP contribution in [0.5, 0.6) is 0 Å². The minimum atomic E-state index is -0.157. The number of halogens is 1. The van der Waals surface area contributed by atoms with E-state index in [0.29, 0.717) is 36.9 Å². The molecule has 0 radical (unpaired) electrons. The van der Waals surface area contributed by atoms with Crippen molar-refractivity contribution in [2.24, 2.45) is 34.5 Å². The minimum absolute atomic E-state index is 0.0271. The van der Waals surface area contributed by atoms with Crippen molar-refractivity contribution in [1.82, 2.24) is 0 Å². The standard InChI is InChI=1S/C17H22O2.C13H18O.C4H5ClO/c1-12(13-6-4-3-5-7-13)15-10-17(15,2)11-19-16(18)14-8-9-14;1-10(11-6-4-3-5-7-11)12-8-13(12,2)9-14;5-4(6)3-1-2-3/h3-7,12,14-15H,8-11H2,1-2H3;3-7,10,12,14H,8-9H2,1-2H3;3H,1-2H2/t12-,15-,17-;10-,12-,13-;/m00./s1. The molecule has 0 saturated heterocycles. The molecule has 0 bridgehead atoms. The molecular weight excluding hydrogens is 508 g/mol. The summed E-state index contributed by atoms with van der Waals surface area (Å²) in [7, 11) is 0. The summed E-state index contributed by atoms with van der Waals surface area (Å²) in [5.41, 5.74) is 3.18. The van der Waals surface area contributed by atoms with Crippen LogP contribution in [0.25, 0.3) is 0 Å². The van der Waals surface area contributed by atoms with Crippen LogP contribution in [-0.4, -0.2) is 29.5 Å². The first-order chi connectivity index (χ1) is 18.6. The molecule has 6 atom stereocenters. The molecule has 4 aliphatic carbocycles. The third kappa shape index (κ3) is 8.17. The van der Waals surface area contributed by atoms with Gasteiger partial charge in [-0.25, -0.2) is 0 Å². The van der Waals surface area contributed by atoms with Crippen LogP contribution >= 0.6 is 11.6 Å². The largest absolute Gasteiger partial charge is 0.465 e. The van der Waals surface area contributed by atoms with Crippen molar-refractivity contribution in [3.63, 3.8) is 0 Å². The number of aliphatic hydroxyl groups excluding tert-OH is 1. The molecule has 4 saturated carbocycles. The number of ether oxygens (including phenoxy) is 1. The van der Waals surface area contributed by atoms with Crippen LogP contribution in [0.3, 0.4) is 0 Å². The van der Waals surface area contributed by atoms with Gasteiger partial charge in [0.15, 0.2) is 0 Å². The van der Waals surface area contributed by atoms with E-state index >= 15 is 0 Å². The maximum Gasteiger partial charge on any atom is 0.308 e. The van der Waals surface area contributed by atoms with Crippen molar-refractivity contribution in [3.05, 3.63) is 71.8 Å². The minimum Gasteiger partial charge on any atom is -0.465 e. The van der Waals surface area contributed by atoms with E-state index < -0.39 is 0 Å². The maximum absolute atomic E-state index is 11.6. The zero-order valence-corrected chi connectivity index (χ0v) is 24.7. The van der Waals surface area contributed by atoms with Crippen molar-refractivity contribution in [2.75, 3.05) is 13.2 Å². The van der Waals surface area contributed by atoms with Crippen LogP contribution in [0.2, 0.25) is 0 Å². The lowest BCUT2D eigenvalue weighted by atomic mass is 9.91. The van der Waals surface area contributed by atoms with Gasteiger partial charge in [-0.3, -0.25) is 9.59 Å². The van der Waals surface area contributed by atoms with E-state index in [-0.39, 0.29) is 33.9 Å². The summed E-state index contributed by atoms with van der Waals surface area (Å²) in [4.78, 5) is 21.6. The topological polar surface area (TPSA) is 63.6 Å². The monoisotopic (exact) mass is 552 g/mol. The second kappa shape index (κ2) is 12.6. The number of benzene rings is 2. The first-order valence-corrected chi connectivity index (χ1v) is 15.0. The highest BCUT2D eigenvalue weighted by molar-refractivity contribution is 6.64. The summed E-state index contributed by atoms with van der Waals surface area (Å²) < 4.78 is 5.47. The summed E-state index contributed by atoms with van der Waals surface area (Å²) in [5.74, 6) is 2.90.